The van der Waals surface area contributed by atoms with Gasteiger partial charge in [-0.25, -0.2) is 4.79 Å². The Kier molecular flexibility index (Phi) is 8.57. The molecule has 0 radical (unpaired) electrons. The third-order valence-electron chi connectivity index (χ3n) is 5.65. The van der Waals surface area contributed by atoms with Gasteiger partial charge in [0.25, 0.3) is 0 Å². The van der Waals surface area contributed by atoms with Crippen LogP contribution in [0.25, 0.3) is 6.08 Å². The minimum Gasteiger partial charge on any atom is -0.508 e. The first-order valence-electron chi connectivity index (χ1n) is 11.9. The van der Waals surface area contributed by atoms with Crippen LogP contribution >= 0.6 is 0 Å². The summed E-state index contributed by atoms with van der Waals surface area (Å²) in [6, 6.07) is 21.7. The molecule has 3 aromatic rings. The molecule has 0 saturated carbocycles. The van der Waals surface area contributed by atoms with E-state index in [0.717, 1.165) is 30.0 Å². The van der Waals surface area contributed by atoms with Crippen LogP contribution in [-0.4, -0.2) is 16.2 Å². The Morgan fingerprint density at radius 2 is 1.64 bits per heavy atom. The summed E-state index contributed by atoms with van der Waals surface area (Å²) in [5.41, 5.74) is 5.58. The summed E-state index contributed by atoms with van der Waals surface area (Å²) in [4.78, 5) is 19.0. The van der Waals surface area contributed by atoms with Crippen LogP contribution in [0.1, 0.15) is 52.4 Å². The number of esters is 1. The van der Waals surface area contributed by atoms with Crippen LogP contribution in [0.3, 0.4) is 0 Å². The Balaban J connectivity index is 1.66. The standard InChI is InChI=1S/C30H29NO5/c32-26-19-24-18-25(31-35-21-22-12-6-4-7-13-22)16-10-2-1-3-11-17-28(23-14-8-5-9-15-23)36-30(34)29(24)27(33)20-26/h3-16,18-20,28,31-33H,1-2,17,21H2/b11-3?,16-10?,25-18-/t28-/m0/s1. The number of nitrogens with one attached hydrogen (secondary N) is 1. The molecule has 184 valence electrons. The van der Waals surface area contributed by atoms with Crippen molar-refractivity contribution < 1.29 is 24.6 Å². The lowest BCUT2D eigenvalue weighted by Gasteiger charge is -2.19. The molecule has 0 fully saturated rings. The molecule has 36 heavy (non-hydrogen) atoms. The van der Waals surface area contributed by atoms with Gasteiger partial charge >= 0.3 is 5.97 Å². The number of ether oxygens (including phenoxy) is 1. The number of hydrogen-bond donors (Lipinski definition) is 3. The quantitative estimate of drug-likeness (QED) is 0.223. The van der Waals surface area contributed by atoms with E-state index in [1.165, 1.54) is 6.07 Å². The fraction of sp³-hybridized carbons (Fsp3) is 0.167. The molecular weight excluding hydrogens is 454 g/mol. The van der Waals surface area contributed by atoms with E-state index in [2.05, 4.69) is 11.6 Å². The highest BCUT2D eigenvalue weighted by atomic mass is 16.6. The zero-order chi connectivity index (χ0) is 25.2. The molecule has 0 amide bonds. The van der Waals surface area contributed by atoms with Crippen LogP contribution in [0, 0.1) is 0 Å². The van der Waals surface area contributed by atoms with E-state index in [0.29, 0.717) is 24.3 Å². The van der Waals surface area contributed by atoms with Gasteiger partial charge < -0.3 is 14.9 Å². The fourth-order valence-corrected chi connectivity index (χ4v) is 3.87. The number of carbonyl (C=O) groups excluding carboxylic acids is 1. The van der Waals surface area contributed by atoms with Crippen molar-refractivity contribution in [1.82, 2.24) is 5.48 Å². The molecular formula is C30H29NO5. The zero-order valence-corrected chi connectivity index (χ0v) is 19.8. The number of allylic oxidation sites excluding steroid dienone is 3. The number of phenols is 2. The number of cyclic esters (lactones) is 1. The van der Waals surface area contributed by atoms with Gasteiger partial charge in [0.05, 0.1) is 12.3 Å². The van der Waals surface area contributed by atoms with Crippen molar-refractivity contribution in [1.29, 1.82) is 0 Å². The second-order valence-corrected chi connectivity index (χ2v) is 8.40. The number of benzene rings is 3. The average molecular weight is 484 g/mol. The first-order chi connectivity index (χ1) is 17.6. The SMILES string of the molecule is O=C1O[C@H](c2ccccc2)CC=CCCC=C/C(NOCc2ccccc2)=C/c2cc(O)cc(O)c21. The van der Waals surface area contributed by atoms with Crippen LogP contribution < -0.4 is 5.48 Å². The number of hydroxylamine groups is 1. The summed E-state index contributed by atoms with van der Waals surface area (Å²) in [6.07, 6.45) is 11.1. The number of fused-ring (bicyclic) bond motifs is 1. The van der Waals surface area contributed by atoms with Crippen molar-refractivity contribution in [2.45, 2.75) is 32.0 Å². The normalized spacial score (nSPS) is 17.8. The van der Waals surface area contributed by atoms with E-state index >= 15 is 0 Å². The van der Waals surface area contributed by atoms with E-state index in [4.69, 9.17) is 9.57 Å². The molecule has 3 N–H and O–H groups in total. The van der Waals surface area contributed by atoms with Crippen LogP contribution in [0.15, 0.2) is 103 Å². The molecule has 1 atom stereocenters. The maximum atomic E-state index is 13.3. The lowest BCUT2D eigenvalue weighted by molar-refractivity contribution is 0.0299. The summed E-state index contributed by atoms with van der Waals surface area (Å²) < 4.78 is 5.87. The highest BCUT2D eigenvalue weighted by Crippen LogP contribution is 2.32. The number of hydrogen-bond acceptors (Lipinski definition) is 6. The van der Waals surface area contributed by atoms with Crippen molar-refractivity contribution in [3.05, 3.63) is 125 Å². The second-order valence-electron chi connectivity index (χ2n) is 8.40. The summed E-state index contributed by atoms with van der Waals surface area (Å²) in [7, 11) is 0. The molecule has 0 aromatic heterocycles. The van der Waals surface area contributed by atoms with Gasteiger partial charge in [-0.1, -0.05) is 78.9 Å². The molecule has 3 aromatic carbocycles. The van der Waals surface area contributed by atoms with E-state index < -0.39 is 12.1 Å². The van der Waals surface area contributed by atoms with Gasteiger partial charge in [-0.3, -0.25) is 10.3 Å². The van der Waals surface area contributed by atoms with Crippen LogP contribution in [0.5, 0.6) is 11.5 Å². The second kappa shape index (κ2) is 12.4. The van der Waals surface area contributed by atoms with E-state index in [9.17, 15) is 15.0 Å². The van der Waals surface area contributed by atoms with Gasteiger partial charge in [-0.2, -0.15) is 0 Å². The summed E-state index contributed by atoms with van der Waals surface area (Å²) in [5, 5.41) is 20.8. The van der Waals surface area contributed by atoms with E-state index in [1.54, 1.807) is 6.08 Å². The highest BCUT2D eigenvalue weighted by Gasteiger charge is 2.23. The lowest BCUT2D eigenvalue weighted by atomic mass is 10.0. The van der Waals surface area contributed by atoms with Gasteiger partial charge in [-0.15, -0.1) is 0 Å². The van der Waals surface area contributed by atoms with Crippen molar-refractivity contribution in [3.63, 3.8) is 0 Å². The molecule has 6 nitrogen and oxygen atoms in total. The van der Waals surface area contributed by atoms with Gasteiger partial charge in [0.2, 0.25) is 0 Å². The minimum atomic E-state index is -0.688. The molecule has 0 unspecified atom stereocenters. The minimum absolute atomic E-state index is 0.0365. The molecule has 6 heteroatoms. The smallest absolute Gasteiger partial charge is 0.343 e. The highest BCUT2D eigenvalue weighted by molar-refractivity contribution is 5.97. The average Bonchev–Trinajstić information content (AvgIpc) is 2.87. The predicted octanol–water partition coefficient (Wildman–Crippen LogP) is 6.35. The van der Waals surface area contributed by atoms with Crippen LogP contribution in [0.4, 0.5) is 0 Å². The number of carbonyl (C=O) groups is 1. The molecule has 4 rings (SSSR count). The Morgan fingerprint density at radius 3 is 2.42 bits per heavy atom. The molecule has 1 heterocycles. The Hall–Kier alpha value is -4.29. The molecule has 0 bridgehead atoms. The van der Waals surface area contributed by atoms with Crippen molar-refractivity contribution >= 4 is 12.0 Å². The Morgan fingerprint density at radius 1 is 0.917 bits per heavy atom. The van der Waals surface area contributed by atoms with Gasteiger partial charge in [-0.05, 0) is 47.8 Å². The maximum absolute atomic E-state index is 13.3. The molecule has 0 saturated heterocycles. The summed E-state index contributed by atoms with van der Waals surface area (Å²) >= 11 is 0. The summed E-state index contributed by atoms with van der Waals surface area (Å²) in [5.74, 6) is -1.23. The third kappa shape index (κ3) is 6.87. The van der Waals surface area contributed by atoms with Gasteiger partial charge in [0.15, 0.2) is 0 Å². The maximum Gasteiger partial charge on any atom is 0.343 e. The molecule has 1 aliphatic heterocycles. The first-order valence-corrected chi connectivity index (χ1v) is 11.9. The first kappa shape index (κ1) is 24.8. The van der Waals surface area contributed by atoms with E-state index in [-0.39, 0.29) is 17.1 Å². The number of phenolic OH excluding ortho intramolecular Hbond substituents is 2. The third-order valence-corrected chi connectivity index (χ3v) is 5.65. The Labute approximate surface area is 210 Å². The fourth-order valence-electron chi connectivity index (χ4n) is 3.87. The lowest BCUT2D eigenvalue weighted by Crippen LogP contribution is -2.15. The molecule has 0 spiro atoms. The largest absolute Gasteiger partial charge is 0.508 e. The molecule has 0 aliphatic carbocycles. The van der Waals surface area contributed by atoms with Gasteiger partial charge in [0.1, 0.15) is 23.2 Å². The molecule has 1 aliphatic rings. The monoisotopic (exact) mass is 483 g/mol. The van der Waals surface area contributed by atoms with E-state index in [1.807, 2.05) is 78.9 Å². The van der Waals surface area contributed by atoms with Gasteiger partial charge in [0, 0.05) is 12.5 Å². The topological polar surface area (TPSA) is 88.0 Å². The summed E-state index contributed by atoms with van der Waals surface area (Å²) in [6.45, 7) is 0.327. The van der Waals surface area contributed by atoms with Crippen LogP contribution in [0.2, 0.25) is 0 Å². The zero-order valence-electron chi connectivity index (χ0n) is 19.8. The van der Waals surface area contributed by atoms with Crippen LogP contribution in [-0.2, 0) is 16.2 Å². The number of rotatable bonds is 5. The Bertz CT molecular complexity index is 1250. The van der Waals surface area contributed by atoms with Crippen molar-refractivity contribution in [2.24, 2.45) is 0 Å². The van der Waals surface area contributed by atoms with Crippen molar-refractivity contribution in [3.8, 4) is 11.5 Å². The number of aromatic hydroxyl groups is 2. The predicted molar refractivity (Wildman–Crippen MR) is 139 cm³/mol. The van der Waals surface area contributed by atoms with Crippen molar-refractivity contribution in [2.75, 3.05) is 0 Å².